The summed E-state index contributed by atoms with van der Waals surface area (Å²) in [6.45, 7) is 8.80. The second-order valence-electron chi connectivity index (χ2n) is 10.9. The first-order valence-corrected chi connectivity index (χ1v) is 13.0. The molecule has 0 aliphatic carbocycles. The fraction of sp³-hybridized carbons (Fsp3) is 0.448. The molecule has 206 valence electrons. The maximum absolute atomic E-state index is 14.3. The molecule has 1 atom stereocenters. The van der Waals surface area contributed by atoms with E-state index in [0.29, 0.717) is 24.5 Å². The summed E-state index contributed by atoms with van der Waals surface area (Å²) < 4.78 is 40.8. The predicted octanol–water partition coefficient (Wildman–Crippen LogP) is 6.33. The standard InChI is InChI=1S/C29H32F2N4O4/c1-18(5-6-19-11-13-34(14-12-19)28(37)39-29(2,3)4)35-17-33-25-10-7-20(15-21(25)27(35)36)38-26-22(16-32)23(30)8-9-24(26)31/h7-10,15,17-19H,5-6,11-14H2,1-4H3. The fourth-order valence-corrected chi connectivity index (χ4v) is 4.69. The van der Waals surface area contributed by atoms with Crippen molar-refractivity contribution < 1.29 is 23.0 Å². The van der Waals surface area contributed by atoms with Gasteiger partial charge in [0.05, 0.1) is 17.2 Å². The fourth-order valence-electron chi connectivity index (χ4n) is 4.69. The third-order valence-electron chi connectivity index (χ3n) is 6.88. The second kappa shape index (κ2) is 11.4. The van der Waals surface area contributed by atoms with Crippen molar-refractivity contribution in [3.63, 3.8) is 0 Å². The Bertz CT molecular complexity index is 1470. The molecule has 0 N–H and O–H groups in total. The summed E-state index contributed by atoms with van der Waals surface area (Å²) in [5.41, 5.74) is -0.917. The number of amides is 1. The Balaban J connectivity index is 1.43. The zero-order valence-electron chi connectivity index (χ0n) is 22.5. The highest BCUT2D eigenvalue weighted by atomic mass is 19.1. The van der Waals surface area contributed by atoms with E-state index in [1.807, 2.05) is 27.7 Å². The summed E-state index contributed by atoms with van der Waals surface area (Å²) in [6, 6.07) is 7.68. The molecule has 1 aromatic heterocycles. The molecule has 1 fully saturated rings. The van der Waals surface area contributed by atoms with E-state index in [1.165, 1.54) is 18.5 Å². The van der Waals surface area contributed by atoms with Gasteiger partial charge in [-0.3, -0.25) is 9.36 Å². The predicted molar refractivity (Wildman–Crippen MR) is 142 cm³/mol. The van der Waals surface area contributed by atoms with Crippen molar-refractivity contribution in [2.75, 3.05) is 13.1 Å². The molecule has 0 saturated carbocycles. The third kappa shape index (κ3) is 6.53. The van der Waals surface area contributed by atoms with Crippen LogP contribution in [0.15, 0.2) is 41.5 Å². The number of benzene rings is 2. The van der Waals surface area contributed by atoms with Crippen LogP contribution in [-0.2, 0) is 4.74 Å². The molecule has 0 spiro atoms. The van der Waals surface area contributed by atoms with Crippen molar-refractivity contribution in [3.8, 4) is 17.6 Å². The molecule has 1 saturated heterocycles. The lowest BCUT2D eigenvalue weighted by Crippen LogP contribution is -2.41. The molecular formula is C29H32F2N4O4. The van der Waals surface area contributed by atoms with Gasteiger partial charge in [0.15, 0.2) is 11.6 Å². The van der Waals surface area contributed by atoms with Crippen molar-refractivity contribution in [1.29, 1.82) is 5.26 Å². The molecule has 1 aliphatic rings. The maximum atomic E-state index is 14.3. The number of piperidine rings is 1. The average Bonchev–Trinajstić information content (AvgIpc) is 2.89. The Kier molecular flexibility index (Phi) is 8.19. The highest BCUT2D eigenvalue weighted by Gasteiger charge is 2.27. The number of fused-ring (bicyclic) bond motifs is 1. The summed E-state index contributed by atoms with van der Waals surface area (Å²) in [7, 11) is 0. The second-order valence-corrected chi connectivity index (χ2v) is 10.9. The van der Waals surface area contributed by atoms with Crippen molar-refractivity contribution in [3.05, 3.63) is 64.2 Å². The number of aromatic nitrogens is 2. The number of carbonyl (C=O) groups is 1. The van der Waals surface area contributed by atoms with Crippen LogP contribution < -0.4 is 10.3 Å². The minimum absolute atomic E-state index is 0.0875. The summed E-state index contributed by atoms with van der Waals surface area (Å²) in [5.74, 6) is -1.80. The van der Waals surface area contributed by atoms with Crippen molar-refractivity contribution in [1.82, 2.24) is 14.5 Å². The van der Waals surface area contributed by atoms with E-state index in [1.54, 1.807) is 21.6 Å². The molecule has 1 amide bonds. The highest BCUT2D eigenvalue weighted by Crippen LogP contribution is 2.31. The van der Waals surface area contributed by atoms with Crippen LogP contribution in [0.3, 0.4) is 0 Å². The summed E-state index contributed by atoms with van der Waals surface area (Å²) >= 11 is 0. The van der Waals surface area contributed by atoms with Gasteiger partial charge in [-0.2, -0.15) is 5.26 Å². The van der Waals surface area contributed by atoms with Gasteiger partial charge in [-0.05, 0) is 89.6 Å². The average molecular weight is 539 g/mol. The van der Waals surface area contributed by atoms with Crippen LogP contribution in [0.5, 0.6) is 11.5 Å². The van der Waals surface area contributed by atoms with E-state index in [-0.39, 0.29) is 28.8 Å². The molecule has 10 heteroatoms. The normalized spacial score (nSPS) is 15.2. The van der Waals surface area contributed by atoms with Crippen molar-refractivity contribution in [2.45, 2.75) is 65.0 Å². The maximum Gasteiger partial charge on any atom is 0.410 e. The SMILES string of the molecule is CC(CCC1CCN(C(=O)OC(C)(C)C)CC1)n1cnc2ccc(Oc3c(F)ccc(F)c3C#N)cc2c1=O. The van der Waals surface area contributed by atoms with Crippen LogP contribution in [0.25, 0.3) is 10.9 Å². The number of hydrogen-bond donors (Lipinski definition) is 0. The van der Waals surface area contributed by atoms with Gasteiger partial charge >= 0.3 is 6.09 Å². The summed E-state index contributed by atoms with van der Waals surface area (Å²) in [6.07, 6.45) is 4.63. The third-order valence-corrected chi connectivity index (χ3v) is 6.88. The number of nitrogens with zero attached hydrogens (tertiary/aromatic N) is 4. The minimum Gasteiger partial charge on any atom is -0.453 e. The number of halogens is 2. The van der Waals surface area contributed by atoms with E-state index >= 15 is 0 Å². The Morgan fingerprint density at radius 3 is 2.54 bits per heavy atom. The van der Waals surface area contributed by atoms with E-state index in [4.69, 9.17) is 9.47 Å². The Morgan fingerprint density at radius 1 is 1.18 bits per heavy atom. The van der Waals surface area contributed by atoms with Crippen LogP contribution in [0.4, 0.5) is 13.6 Å². The lowest BCUT2D eigenvalue weighted by atomic mass is 9.91. The lowest BCUT2D eigenvalue weighted by molar-refractivity contribution is 0.0179. The Morgan fingerprint density at radius 2 is 1.87 bits per heavy atom. The molecule has 1 aliphatic heterocycles. The zero-order valence-corrected chi connectivity index (χ0v) is 22.5. The van der Waals surface area contributed by atoms with E-state index in [9.17, 15) is 23.6 Å². The molecule has 4 rings (SSSR count). The summed E-state index contributed by atoms with van der Waals surface area (Å²) in [4.78, 5) is 31.8. The van der Waals surface area contributed by atoms with Crippen LogP contribution >= 0.6 is 0 Å². The summed E-state index contributed by atoms with van der Waals surface area (Å²) in [5, 5.41) is 9.48. The quantitative estimate of drug-likeness (QED) is 0.364. The van der Waals surface area contributed by atoms with E-state index in [0.717, 1.165) is 37.8 Å². The molecular weight excluding hydrogens is 506 g/mol. The molecule has 0 radical (unpaired) electrons. The minimum atomic E-state index is -0.900. The van der Waals surface area contributed by atoms with Gasteiger partial charge in [-0.1, -0.05) is 0 Å². The molecule has 0 bridgehead atoms. The number of nitriles is 1. The van der Waals surface area contributed by atoms with Gasteiger partial charge < -0.3 is 14.4 Å². The Hall–Kier alpha value is -4.00. The first kappa shape index (κ1) is 28.0. The number of ether oxygens (including phenoxy) is 2. The van der Waals surface area contributed by atoms with E-state index < -0.39 is 28.5 Å². The topological polar surface area (TPSA) is 97.4 Å². The number of carbonyl (C=O) groups excluding carboxylic acids is 1. The van der Waals surface area contributed by atoms with Gasteiger partial charge in [0.1, 0.15) is 28.8 Å². The van der Waals surface area contributed by atoms with Crippen LogP contribution in [0, 0.1) is 28.9 Å². The van der Waals surface area contributed by atoms with Gasteiger partial charge in [-0.25, -0.2) is 18.6 Å². The number of hydrogen-bond acceptors (Lipinski definition) is 6. The van der Waals surface area contributed by atoms with Gasteiger partial charge in [0, 0.05) is 19.1 Å². The van der Waals surface area contributed by atoms with Crippen molar-refractivity contribution in [2.24, 2.45) is 5.92 Å². The monoisotopic (exact) mass is 538 g/mol. The van der Waals surface area contributed by atoms with Gasteiger partial charge in [0.25, 0.3) is 5.56 Å². The number of likely N-dealkylation sites (tertiary alicyclic amines) is 1. The van der Waals surface area contributed by atoms with Crippen LogP contribution in [0.1, 0.15) is 65.0 Å². The van der Waals surface area contributed by atoms with Gasteiger partial charge in [0.2, 0.25) is 0 Å². The smallest absolute Gasteiger partial charge is 0.410 e. The largest absolute Gasteiger partial charge is 0.453 e. The molecule has 1 unspecified atom stereocenters. The van der Waals surface area contributed by atoms with E-state index in [2.05, 4.69) is 4.98 Å². The van der Waals surface area contributed by atoms with Crippen molar-refractivity contribution >= 4 is 17.0 Å². The molecule has 3 aromatic rings. The molecule has 8 nitrogen and oxygen atoms in total. The lowest BCUT2D eigenvalue weighted by Gasteiger charge is -2.33. The first-order valence-electron chi connectivity index (χ1n) is 13.0. The first-order chi connectivity index (χ1) is 18.5. The molecule has 39 heavy (non-hydrogen) atoms. The van der Waals surface area contributed by atoms with Gasteiger partial charge in [-0.15, -0.1) is 0 Å². The Labute approximate surface area is 225 Å². The van der Waals surface area contributed by atoms with Crippen LogP contribution in [0.2, 0.25) is 0 Å². The highest BCUT2D eigenvalue weighted by molar-refractivity contribution is 5.79. The molecule has 2 heterocycles. The number of rotatable bonds is 6. The zero-order chi connectivity index (χ0) is 28.3. The van der Waals surface area contributed by atoms with Crippen LogP contribution in [-0.4, -0.2) is 39.2 Å². The molecule has 2 aromatic carbocycles.